The molecule has 7 aromatic rings. The number of nitrogens with one attached hydrogen (secondary N) is 1. The molecular formula is C53H53N5O6S. The highest BCUT2D eigenvalue weighted by atomic mass is 32.2. The molecule has 1 saturated heterocycles. The Morgan fingerprint density at radius 2 is 1.54 bits per heavy atom. The largest absolute Gasteiger partial charge is 0.486 e. The predicted molar refractivity (Wildman–Crippen MR) is 256 cm³/mol. The number of aromatic nitrogens is 3. The molecule has 1 unspecified atom stereocenters. The van der Waals surface area contributed by atoms with Gasteiger partial charge in [0.25, 0.3) is 5.24 Å². The Morgan fingerprint density at radius 3 is 2.20 bits per heavy atom. The van der Waals surface area contributed by atoms with Crippen molar-refractivity contribution in [2.45, 2.75) is 94.8 Å². The molecule has 4 N–H and O–H groups in total. The molecule has 3 heterocycles. The maximum absolute atomic E-state index is 11.8. The zero-order valence-electron chi connectivity index (χ0n) is 37.5. The molecule has 5 aromatic carbocycles. The van der Waals surface area contributed by atoms with Crippen LogP contribution in [-0.2, 0) is 41.1 Å². The van der Waals surface area contributed by atoms with Gasteiger partial charge < -0.3 is 24.9 Å². The number of nitrogens with two attached hydrogens (primary N) is 1. The number of fused-ring (bicyclic) bond motifs is 3. The van der Waals surface area contributed by atoms with Crippen LogP contribution in [0.2, 0.25) is 0 Å². The fourth-order valence-corrected chi connectivity index (χ4v) is 10.2. The lowest BCUT2D eigenvalue weighted by Gasteiger charge is -2.43. The van der Waals surface area contributed by atoms with Crippen molar-refractivity contribution in [1.82, 2.24) is 19.9 Å². The summed E-state index contributed by atoms with van der Waals surface area (Å²) in [5.74, 6) is 1.72. The molecule has 332 valence electrons. The minimum absolute atomic E-state index is 0.0478. The molecule has 0 radical (unpaired) electrons. The lowest BCUT2D eigenvalue weighted by molar-refractivity contribution is -0.118. The maximum Gasteiger partial charge on any atom is 0.337 e. The Morgan fingerprint density at radius 1 is 0.846 bits per heavy atom. The van der Waals surface area contributed by atoms with Gasteiger partial charge in [0, 0.05) is 35.8 Å². The summed E-state index contributed by atoms with van der Waals surface area (Å²) in [5.41, 5.74) is 16.9. The first-order valence-electron chi connectivity index (χ1n) is 22.0. The second kappa shape index (κ2) is 16.7. The van der Waals surface area contributed by atoms with Crippen molar-refractivity contribution in [3.8, 4) is 17.2 Å². The van der Waals surface area contributed by atoms with E-state index in [2.05, 4.69) is 57.1 Å². The summed E-state index contributed by atoms with van der Waals surface area (Å²) in [6.45, 7) is 12.0. The van der Waals surface area contributed by atoms with Crippen LogP contribution in [0.3, 0.4) is 0 Å². The van der Waals surface area contributed by atoms with Crippen LogP contribution >= 0.6 is 11.8 Å². The minimum Gasteiger partial charge on any atom is -0.486 e. The first-order chi connectivity index (χ1) is 31.0. The summed E-state index contributed by atoms with van der Waals surface area (Å²) >= 11 is 1.03. The Kier molecular flexibility index (Phi) is 11.2. The number of imidazole rings is 1. The molecule has 0 bridgehead atoms. The minimum atomic E-state index is -0.923. The normalized spacial score (nSPS) is 17.8. The second-order valence-electron chi connectivity index (χ2n) is 18.9. The van der Waals surface area contributed by atoms with Crippen LogP contribution in [0.4, 0.5) is 10.5 Å². The Bertz CT molecular complexity index is 3010. The number of anilines is 1. The number of carboxylic acids is 1. The number of benzene rings is 5. The van der Waals surface area contributed by atoms with Crippen LogP contribution in [0, 0.1) is 6.92 Å². The quantitative estimate of drug-likeness (QED) is 0.113. The number of carbonyl (C=O) groups is 3. The Labute approximate surface area is 382 Å². The summed E-state index contributed by atoms with van der Waals surface area (Å²) in [6, 6.07) is 33.5. The topological polar surface area (TPSA) is 159 Å². The number of hydrogen-bond donors (Lipinski definition) is 3. The molecule has 2 fully saturated rings. The molecule has 1 aliphatic heterocycles. The van der Waals surface area contributed by atoms with Gasteiger partial charge in [0.15, 0.2) is 0 Å². The zero-order chi connectivity index (χ0) is 45.8. The molecule has 2 amide bonds. The second-order valence-corrected chi connectivity index (χ2v) is 20.1. The monoisotopic (exact) mass is 887 g/mol. The molecule has 65 heavy (non-hydrogen) atoms. The Balaban J connectivity index is 0.000000174. The number of nitrogen functional groups attached to an aromatic ring is 1. The number of hydrogen-bond acceptors (Lipinski definition) is 9. The number of nitrogens with zero attached hydrogens (tertiary/aromatic N) is 3. The van der Waals surface area contributed by atoms with Gasteiger partial charge in [-0.1, -0.05) is 81.9 Å². The van der Waals surface area contributed by atoms with E-state index in [0.29, 0.717) is 36.0 Å². The molecule has 10 rings (SSSR count). The van der Waals surface area contributed by atoms with E-state index in [1.807, 2.05) is 96.5 Å². The van der Waals surface area contributed by atoms with Gasteiger partial charge in [-0.05, 0) is 138 Å². The summed E-state index contributed by atoms with van der Waals surface area (Å²) < 4.78 is 14.1. The van der Waals surface area contributed by atoms with E-state index in [1.54, 1.807) is 6.07 Å². The molecule has 12 heteroatoms. The third kappa shape index (κ3) is 8.67. The van der Waals surface area contributed by atoms with Gasteiger partial charge in [-0.25, -0.2) is 9.78 Å². The summed E-state index contributed by atoms with van der Waals surface area (Å²) in [5, 5.41) is 12.8. The van der Waals surface area contributed by atoms with E-state index in [9.17, 15) is 14.4 Å². The van der Waals surface area contributed by atoms with Crippen molar-refractivity contribution in [2.24, 2.45) is 7.05 Å². The number of imide groups is 1. The molecular weight excluding hydrogens is 835 g/mol. The number of thioether (sulfide) groups is 1. The van der Waals surface area contributed by atoms with Crippen molar-refractivity contribution < 1.29 is 29.0 Å². The van der Waals surface area contributed by atoms with E-state index in [0.717, 1.165) is 63.5 Å². The maximum atomic E-state index is 11.8. The van der Waals surface area contributed by atoms with Crippen LogP contribution in [0.25, 0.3) is 21.8 Å². The highest BCUT2D eigenvalue weighted by Gasteiger charge is 2.49. The number of rotatable bonds is 10. The van der Waals surface area contributed by atoms with Crippen LogP contribution in [0.15, 0.2) is 109 Å². The fourth-order valence-electron chi connectivity index (χ4n) is 9.33. The molecule has 11 nitrogen and oxygen atoms in total. The van der Waals surface area contributed by atoms with Gasteiger partial charge in [-0.15, -0.1) is 0 Å². The van der Waals surface area contributed by atoms with Crippen LogP contribution in [0.1, 0.15) is 103 Å². The molecule has 2 aliphatic carbocycles. The molecule has 1 atom stereocenters. The fraction of sp³-hybridized carbons (Fsp3) is 0.302. The van der Waals surface area contributed by atoms with E-state index in [1.165, 1.54) is 41.3 Å². The molecule has 0 spiro atoms. The van der Waals surface area contributed by atoms with E-state index >= 15 is 0 Å². The van der Waals surface area contributed by atoms with Crippen molar-refractivity contribution in [2.75, 3.05) is 5.73 Å². The standard InChI is InChI=1S/C29H24N4O4S.C24H29NO2/c1-33-25-15-21(37-20-10-7-18-3-2-4-23(30)22(18)14-20)11-12-24(25)31-27(33)16-36-19-8-5-17(6-9-19)13-26-28(34)32-29(35)38-26;1-15-12-18-19(23(4,5)9-8-22(18,2)3)13-17(15)24(10-11-24)20-7-6-16(14-25-20)21(26)27/h2-12,14-15,26H,13,16,30H2,1H3,(H,32,34,35);6-7,12-14H,8-11H2,1-5H3,(H,26,27). The van der Waals surface area contributed by atoms with Crippen molar-refractivity contribution in [3.63, 3.8) is 0 Å². The van der Waals surface area contributed by atoms with E-state index in [-0.39, 0.29) is 38.2 Å². The number of amides is 2. The lowest BCUT2D eigenvalue weighted by Crippen LogP contribution is -2.34. The van der Waals surface area contributed by atoms with Crippen LogP contribution in [0.5, 0.6) is 17.2 Å². The molecule has 1 saturated carbocycles. The van der Waals surface area contributed by atoms with Crippen molar-refractivity contribution >= 4 is 56.4 Å². The lowest BCUT2D eigenvalue weighted by atomic mass is 9.62. The van der Waals surface area contributed by atoms with Crippen LogP contribution in [-0.4, -0.2) is 42.0 Å². The van der Waals surface area contributed by atoms with E-state index < -0.39 is 5.97 Å². The third-order valence-corrected chi connectivity index (χ3v) is 14.5. The van der Waals surface area contributed by atoms with Gasteiger partial charge in [-0.2, -0.15) is 0 Å². The van der Waals surface area contributed by atoms with Gasteiger partial charge in [-0.3, -0.25) is 19.9 Å². The van der Waals surface area contributed by atoms with Crippen molar-refractivity contribution in [1.29, 1.82) is 0 Å². The van der Waals surface area contributed by atoms with Gasteiger partial charge in [0.1, 0.15) is 29.7 Å². The third-order valence-electron chi connectivity index (χ3n) is 13.5. The smallest absolute Gasteiger partial charge is 0.337 e. The average molecular weight is 888 g/mol. The molecule has 2 aromatic heterocycles. The number of aryl methyl sites for hydroxylation is 2. The van der Waals surface area contributed by atoms with Gasteiger partial charge in [0.05, 0.1) is 27.5 Å². The Hall–Kier alpha value is -6.66. The number of carbonyl (C=O) groups excluding carboxylic acids is 2. The number of carboxylic acid groups (broad SMARTS) is 1. The highest BCUT2D eigenvalue weighted by Crippen LogP contribution is 2.56. The van der Waals surface area contributed by atoms with Crippen LogP contribution < -0.4 is 20.5 Å². The summed E-state index contributed by atoms with van der Waals surface area (Å²) in [4.78, 5) is 43.6. The van der Waals surface area contributed by atoms with Crippen molar-refractivity contribution in [3.05, 3.63) is 154 Å². The summed E-state index contributed by atoms with van der Waals surface area (Å²) in [7, 11) is 1.95. The zero-order valence-corrected chi connectivity index (χ0v) is 38.3. The first kappa shape index (κ1) is 43.6. The molecule has 3 aliphatic rings. The average Bonchev–Trinajstić information content (AvgIpc) is 3.94. The van der Waals surface area contributed by atoms with Gasteiger partial charge >= 0.3 is 5.97 Å². The van der Waals surface area contributed by atoms with E-state index in [4.69, 9.17) is 25.3 Å². The predicted octanol–water partition coefficient (Wildman–Crippen LogP) is 11.1. The number of aromatic carboxylic acids is 1. The number of pyridine rings is 1. The SMILES string of the molecule is Cc1cc2c(cc1C1(c3ccc(C(=O)O)cn3)CC1)C(C)(C)CCC2(C)C.Cn1c(COc2ccc(CC3SC(=O)NC3=O)cc2)nc2ccc(Oc3ccc4cccc(N)c4c3)cc21. The van der Waals surface area contributed by atoms with Gasteiger partial charge in [0.2, 0.25) is 5.91 Å². The number of ether oxygens (including phenoxy) is 2. The highest BCUT2D eigenvalue weighted by molar-refractivity contribution is 8.15. The first-order valence-corrected chi connectivity index (χ1v) is 22.9. The summed E-state index contributed by atoms with van der Waals surface area (Å²) in [6.07, 6.45) is 6.57.